The number of carbonyl (C=O) groups is 1. The van der Waals surface area contributed by atoms with Crippen molar-refractivity contribution in [3.63, 3.8) is 0 Å². The lowest BCUT2D eigenvalue weighted by Gasteiger charge is -2.08. The fraction of sp³-hybridized carbons (Fsp3) is 0.222. The largest absolute Gasteiger partial charge is 0.467 e. The first kappa shape index (κ1) is 16.0. The molecule has 0 aliphatic rings. The third-order valence-corrected chi connectivity index (χ3v) is 3.51. The molecule has 0 aliphatic heterocycles. The Morgan fingerprint density at radius 3 is 2.83 bits per heavy atom. The van der Waals surface area contributed by atoms with Gasteiger partial charge >= 0.3 is 0 Å². The topological polar surface area (TPSA) is 69.3 Å². The molecule has 0 radical (unpaired) electrons. The molecule has 1 aromatic carbocycles. The number of amides is 1. The van der Waals surface area contributed by atoms with Crippen LogP contribution in [-0.4, -0.2) is 15.7 Å². The van der Waals surface area contributed by atoms with Crippen LogP contribution in [0.1, 0.15) is 27.5 Å². The van der Waals surface area contributed by atoms with Crippen molar-refractivity contribution in [2.45, 2.75) is 20.1 Å². The predicted molar refractivity (Wildman–Crippen MR) is 89.5 cm³/mol. The van der Waals surface area contributed by atoms with Crippen LogP contribution in [-0.2, 0) is 25.0 Å². The number of hydrogen-bond acceptors (Lipinski definition) is 4. The van der Waals surface area contributed by atoms with E-state index in [1.807, 2.05) is 43.3 Å². The van der Waals surface area contributed by atoms with E-state index in [2.05, 4.69) is 10.4 Å². The number of benzene rings is 1. The predicted octanol–water partition coefficient (Wildman–Crippen LogP) is 3.29. The van der Waals surface area contributed by atoms with Crippen LogP contribution in [0, 0.1) is 6.92 Å². The maximum absolute atomic E-state index is 12.3. The van der Waals surface area contributed by atoms with Crippen LogP contribution in [0.5, 0.6) is 0 Å². The number of aryl methyl sites for hydroxylation is 2. The quantitative estimate of drug-likeness (QED) is 0.755. The van der Waals surface area contributed by atoms with Gasteiger partial charge in [-0.05, 0) is 42.8 Å². The molecule has 3 aromatic rings. The number of carbonyl (C=O) groups excluding carboxylic acids is 1. The number of hydrogen-bond donors (Lipinski definition) is 1. The first-order chi connectivity index (χ1) is 11.6. The molecule has 124 valence electrons. The van der Waals surface area contributed by atoms with E-state index in [1.54, 1.807) is 24.1 Å². The molecular formula is C18H19N3O3. The smallest absolute Gasteiger partial charge is 0.273 e. The highest BCUT2D eigenvalue weighted by molar-refractivity contribution is 6.03. The summed E-state index contributed by atoms with van der Waals surface area (Å²) in [7, 11) is 1.75. The standard InChI is InChI=1S/C18H19N3O3/c1-13-9-17(21(2)20-13)18(22)19-15-6-3-5-14(10-15)11-23-12-16-7-4-8-24-16/h3-10H,11-12H2,1-2H3,(H,19,22). The number of aromatic nitrogens is 2. The van der Waals surface area contributed by atoms with E-state index in [9.17, 15) is 4.79 Å². The highest BCUT2D eigenvalue weighted by Crippen LogP contribution is 2.14. The van der Waals surface area contributed by atoms with Gasteiger partial charge in [-0.2, -0.15) is 5.10 Å². The molecule has 0 unspecified atom stereocenters. The monoisotopic (exact) mass is 325 g/mol. The van der Waals surface area contributed by atoms with Gasteiger partial charge < -0.3 is 14.5 Å². The zero-order valence-corrected chi connectivity index (χ0v) is 13.7. The van der Waals surface area contributed by atoms with Gasteiger partial charge in [0.2, 0.25) is 0 Å². The summed E-state index contributed by atoms with van der Waals surface area (Å²) >= 11 is 0. The van der Waals surface area contributed by atoms with Crippen molar-refractivity contribution in [3.05, 3.63) is 71.4 Å². The Balaban J connectivity index is 1.60. The Bertz CT molecular complexity index is 822. The zero-order chi connectivity index (χ0) is 16.9. The van der Waals surface area contributed by atoms with Crippen molar-refractivity contribution in [2.24, 2.45) is 7.05 Å². The van der Waals surface area contributed by atoms with E-state index < -0.39 is 0 Å². The molecule has 6 nitrogen and oxygen atoms in total. The second-order valence-corrected chi connectivity index (χ2v) is 5.52. The Kier molecular flexibility index (Phi) is 4.77. The summed E-state index contributed by atoms with van der Waals surface area (Å²) in [6.45, 7) is 2.71. The van der Waals surface area contributed by atoms with Crippen LogP contribution in [0.4, 0.5) is 5.69 Å². The number of furan rings is 1. The minimum atomic E-state index is -0.188. The van der Waals surface area contributed by atoms with E-state index in [4.69, 9.17) is 9.15 Å². The molecule has 0 saturated carbocycles. The van der Waals surface area contributed by atoms with Crippen LogP contribution in [0.3, 0.4) is 0 Å². The van der Waals surface area contributed by atoms with Gasteiger partial charge in [0.05, 0.1) is 18.6 Å². The first-order valence-electron chi connectivity index (χ1n) is 7.63. The molecule has 1 N–H and O–H groups in total. The summed E-state index contributed by atoms with van der Waals surface area (Å²) in [5.41, 5.74) is 3.02. The minimum absolute atomic E-state index is 0.188. The summed E-state index contributed by atoms with van der Waals surface area (Å²) < 4.78 is 12.4. The lowest BCUT2D eigenvalue weighted by molar-refractivity contribution is 0.0929. The lowest BCUT2D eigenvalue weighted by atomic mass is 10.2. The molecule has 0 saturated heterocycles. The zero-order valence-electron chi connectivity index (χ0n) is 13.7. The fourth-order valence-electron chi connectivity index (χ4n) is 2.42. The summed E-state index contributed by atoms with van der Waals surface area (Å²) in [6.07, 6.45) is 1.62. The molecule has 0 bridgehead atoms. The van der Waals surface area contributed by atoms with E-state index in [0.717, 1.165) is 22.7 Å². The van der Waals surface area contributed by atoms with Gasteiger partial charge in [0.25, 0.3) is 5.91 Å². The summed E-state index contributed by atoms with van der Waals surface area (Å²) in [5, 5.41) is 7.07. The average molecular weight is 325 g/mol. The summed E-state index contributed by atoms with van der Waals surface area (Å²) in [4.78, 5) is 12.3. The second kappa shape index (κ2) is 7.14. The molecular weight excluding hydrogens is 306 g/mol. The van der Waals surface area contributed by atoms with Crippen molar-refractivity contribution in [1.82, 2.24) is 9.78 Å². The molecule has 0 fully saturated rings. The summed E-state index contributed by atoms with van der Waals surface area (Å²) in [6, 6.07) is 13.0. The molecule has 24 heavy (non-hydrogen) atoms. The van der Waals surface area contributed by atoms with Gasteiger partial charge in [-0.15, -0.1) is 0 Å². The minimum Gasteiger partial charge on any atom is -0.467 e. The van der Waals surface area contributed by atoms with Crippen molar-refractivity contribution >= 4 is 11.6 Å². The number of nitrogens with zero attached hydrogens (tertiary/aromatic N) is 2. The van der Waals surface area contributed by atoms with Crippen LogP contribution in [0.25, 0.3) is 0 Å². The van der Waals surface area contributed by atoms with Gasteiger partial charge in [-0.25, -0.2) is 0 Å². The van der Waals surface area contributed by atoms with Crippen LogP contribution in [0.15, 0.2) is 53.1 Å². The van der Waals surface area contributed by atoms with Gasteiger partial charge in [-0.1, -0.05) is 12.1 Å². The third kappa shape index (κ3) is 3.91. The molecule has 6 heteroatoms. The van der Waals surface area contributed by atoms with Crippen molar-refractivity contribution < 1.29 is 13.9 Å². The van der Waals surface area contributed by atoms with Crippen molar-refractivity contribution in [1.29, 1.82) is 0 Å². The average Bonchev–Trinajstić information content (AvgIpc) is 3.17. The highest BCUT2D eigenvalue weighted by atomic mass is 16.5. The second-order valence-electron chi connectivity index (χ2n) is 5.52. The van der Waals surface area contributed by atoms with Gasteiger partial charge in [0.1, 0.15) is 18.1 Å². The van der Waals surface area contributed by atoms with Gasteiger partial charge in [0.15, 0.2) is 0 Å². The molecule has 0 atom stereocenters. The molecule has 0 aliphatic carbocycles. The van der Waals surface area contributed by atoms with E-state index in [-0.39, 0.29) is 5.91 Å². The summed E-state index contributed by atoms with van der Waals surface area (Å²) in [5.74, 6) is 0.595. The van der Waals surface area contributed by atoms with Crippen molar-refractivity contribution in [2.75, 3.05) is 5.32 Å². The Labute approximate surface area is 140 Å². The molecule has 3 rings (SSSR count). The molecule has 0 spiro atoms. The first-order valence-corrected chi connectivity index (χ1v) is 7.63. The fourth-order valence-corrected chi connectivity index (χ4v) is 2.42. The number of rotatable bonds is 6. The number of anilines is 1. The Morgan fingerprint density at radius 1 is 1.25 bits per heavy atom. The highest BCUT2D eigenvalue weighted by Gasteiger charge is 2.12. The van der Waals surface area contributed by atoms with Crippen molar-refractivity contribution in [3.8, 4) is 0 Å². The van der Waals surface area contributed by atoms with Gasteiger partial charge in [0, 0.05) is 12.7 Å². The maximum atomic E-state index is 12.3. The van der Waals surface area contributed by atoms with E-state index in [0.29, 0.717) is 18.9 Å². The Hall–Kier alpha value is -2.86. The van der Waals surface area contributed by atoms with Crippen LogP contribution < -0.4 is 5.32 Å². The SMILES string of the molecule is Cc1cc(C(=O)Nc2cccc(COCc3ccco3)c2)n(C)n1. The maximum Gasteiger partial charge on any atom is 0.273 e. The normalized spacial score (nSPS) is 10.8. The molecule has 1 amide bonds. The van der Waals surface area contributed by atoms with E-state index >= 15 is 0 Å². The molecule has 2 heterocycles. The van der Waals surface area contributed by atoms with Crippen LogP contribution >= 0.6 is 0 Å². The van der Waals surface area contributed by atoms with Gasteiger partial charge in [-0.3, -0.25) is 9.48 Å². The van der Waals surface area contributed by atoms with Crippen LogP contribution in [0.2, 0.25) is 0 Å². The lowest BCUT2D eigenvalue weighted by Crippen LogP contribution is -2.16. The van der Waals surface area contributed by atoms with E-state index in [1.165, 1.54) is 0 Å². The third-order valence-electron chi connectivity index (χ3n) is 3.51. The Morgan fingerprint density at radius 2 is 2.12 bits per heavy atom. The number of nitrogens with one attached hydrogen (secondary N) is 1. The molecule has 2 aromatic heterocycles. The number of ether oxygens (including phenoxy) is 1.